The van der Waals surface area contributed by atoms with Crippen LogP contribution in [0.15, 0.2) is 18.2 Å². The van der Waals surface area contributed by atoms with Crippen LogP contribution in [0.5, 0.6) is 0 Å². The monoisotopic (exact) mass is 245 g/mol. The van der Waals surface area contributed by atoms with Crippen LogP contribution in [0.25, 0.3) is 0 Å². The van der Waals surface area contributed by atoms with Gasteiger partial charge in [-0.15, -0.1) is 0 Å². The van der Waals surface area contributed by atoms with Gasteiger partial charge >= 0.3 is 0 Å². The minimum absolute atomic E-state index is 0.225. The largest absolute Gasteiger partial charge is 0.336 e. The summed E-state index contributed by atoms with van der Waals surface area (Å²) < 4.78 is 0. The van der Waals surface area contributed by atoms with Gasteiger partial charge < -0.3 is 4.90 Å². The molecule has 2 rings (SSSR count). The highest BCUT2D eigenvalue weighted by Gasteiger charge is 2.26. The van der Waals surface area contributed by atoms with E-state index in [2.05, 4.69) is 17.9 Å². The van der Waals surface area contributed by atoms with E-state index >= 15 is 0 Å². The van der Waals surface area contributed by atoms with Crippen LogP contribution in [0.4, 0.5) is 0 Å². The van der Waals surface area contributed by atoms with E-state index in [9.17, 15) is 4.79 Å². The van der Waals surface area contributed by atoms with Gasteiger partial charge in [-0.3, -0.25) is 4.79 Å². The minimum atomic E-state index is 0.225. The van der Waals surface area contributed by atoms with Gasteiger partial charge in [0.1, 0.15) is 0 Å². The van der Waals surface area contributed by atoms with Gasteiger partial charge in [0, 0.05) is 18.2 Å². The van der Waals surface area contributed by atoms with E-state index in [1.807, 2.05) is 26.0 Å². The first kappa shape index (κ1) is 13.1. The fourth-order valence-electron chi connectivity index (χ4n) is 2.81. The highest BCUT2D eigenvalue weighted by Crippen LogP contribution is 2.23. The smallest absolute Gasteiger partial charge is 0.254 e. The maximum absolute atomic E-state index is 12.7. The van der Waals surface area contributed by atoms with Crippen molar-refractivity contribution in [2.45, 2.75) is 52.5 Å². The second-order valence-electron chi connectivity index (χ2n) is 5.37. The Morgan fingerprint density at radius 1 is 1.33 bits per heavy atom. The number of hydrogen-bond acceptors (Lipinski definition) is 1. The van der Waals surface area contributed by atoms with Crippen molar-refractivity contribution in [1.29, 1.82) is 0 Å². The van der Waals surface area contributed by atoms with Gasteiger partial charge in [-0.2, -0.15) is 0 Å². The summed E-state index contributed by atoms with van der Waals surface area (Å²) in [6.07, 6.45) is 4.63. The molecule has 0 bridgehead atoms. The van der Waals surface area contributed by atoms with Crippen molar-refractivity contribution in [3.63, 3.8) is 0 Å². The van der Waals surface area contributed by atoms with Crippen LogP contribution in [0.1, 0.15) is 54.1 Å². The van der Waals surface area contributed by atoms with Gasteiger partial charge in [0.05, 0.1) is 0 Å². The van der Waals surface area contributed by atoms with Gasteiger partial charge in [0.25, 0.3) is 5.91 Å². The molecule has 1 aromatic rings. The lowest BCUT2D eigenvalue weighted by Gasteiger charge is -2.35. The normalized spacial score (nSPS) is 19.9. The third kappa shape index (κ3) is 2.58. The summed E-state index contributed by atoms with van der Waals surface area (Å²) in [5, 5.41) is 0. The number of carbonyl (C=O) groups excluding carboxylic acids is 1. The van der Waals surface area contributed by atoms with E-state index in [0.29, 0.717) is 6.04 Å². The van der Waals surface area contributed by atoms with Gasteiger partial charge in [-0.25, -0.2) is 0 Å². The van der Waals surface area contributed by atoms with E-state index in [4.69, 9.17) is 0 Å². The molecule has 0 radical (unpaired) electrons. The molecule has 18 heavy (non-hydrogen) atoms. The molecule has 98 valence electrons. The van der Waals surface area contributed by atoms with Crippen molar-refractivity contribution >= 4 is 5.91 Å². The SMILES string of the molecule is CCC1CCCCN1C(=O)c1cc(C)ccc1C. The molecule has 0 saturated carbocycles. The molecule has 0 spiro atoms. The molecule has 2 nitrogen and oxygen atoms in total. The first-order valence-electron chi connectivity index (χ1n) is 7.01. The van der Waals surface area contributed by atoms with E-state index in [1.54, 1.807) is 0 Å². The van der Waals surface area contributed by atoms with Gasteiger partial charge in [0.15, 0.2) is 0 Å². The molecule has 0 aliphatic carbocycles. The quantitative estimate of drug-likeness (QED) is 0.778. The Labute approximate surface area is 110 Å². The minimum Gasteiger partial charge on any atom is -0.336 e. The Morgan fingerprint density at radius 3 is 2.83 bits per heavy atom. The number of hydrogen-bond donors (Lipinski definition) is 0. The molecule has 2 heteroatoms. The maximum atomic E-state index is 12.7. The fraction of sp³-hybridized carbons (Fsp3) is 0.562. The van der Waals surface area contributed by atoms with Crippen LogP contribution in [0.3, 0.4) is 0 Å². The first-order chi connectivity index (χ1) is 8.63. The Morgan fingerprint density at radius 2 is 2.11 bits per heavy atom. The van der Waals surface area contributed by atoms with Crippen molar-refractivity contribution in [2.75, 3.05) is 6.54 Å². The summed E-state index contributed by atoms with van der Waals surface area (Å²) in [6, 6.07) is 6.58. The Bertz CT molecular complexity index is 439. The van der Waals surface area contributed by atoms with Crippen molar-refractivity contribution in [1.82, 2.24) is 4.90 Å². The van der Waals surface area contributed by atoms with Gasteiger partial charge in [0.2, 0.25) is 0 Å². The van der Waals surface area contributed by atoms with E-state index in [1.165, 1.54) is 6.42 Å². The number of aryl methyl sites for hydroxylation is 2. The van der Waals surface area contributed by atoms with Crippen LogP contribution in [-0.4, -0.2) is 23.4 Å². The molecule has 1 aliphatic rings. The van der Waals surface area contributed by atoms with Crippen molar-refractivity contribution < 1.29 is 4.79 Å². The molecule has 1 aliphatic heterocycles. The second-order valence-corrected chi connectivity index (χ2v) is 5.37. The lowest BCUT2D eigenvalue weighted by atomic mass is 9.97. The summed E-state index contributed by atoms with van der Waals surface area (Å²) in [7, 11) is 0. The van der Waals surface area contributed by atoms with Crippen molar-refractivity contribution in [2.24, 2.45) is 0 Å². The highest BCUT2D eigenvalue weighted by atomic mass is 16.2. The van der Waals surface area contributed by atoms with Gasteiger partial charge in [-0.05, 0) is 51.2 Å². The maximum Gasteiger partial charge on any atom is 0.254 e. The summed E-state index contributed by atoms with van der Waals surface area (Å²) in [5.41, 5.74) is 3.13. The van der Waals surface area contributed by atoms with Crippen LogP contribution in [0, 0.1) is 13.8 Å². The first-order valence-corrected chi connectivity index (χ1v) is 7.01. The average molecular weight is 245 g/mol. The molecular formula is C16H23NO. The zero-order valence-corrected chi connectivity index (χ0v) is 11.7. The summed E-state index contributed by atoms with van der Waals surface area (Å²) in [6.45, 7) is 7.17. The molecule has 1 saturated heterocycles. The fourth-order valence-corrected chi connectivity index (χ4v) is 2.81. The topological polar surface area (TPSA) is 20.3 Å². The standard InChI is InChI=1S/C16H23NO/c1-4-14-7-5-6-10-17(14)16(18)15-11-12(2)8-9-13(15)3/h8-9,11,14H,4-7,10H2,1-3H3. The molecule has 0 N–H and O–H groups in total. The molecule has 1 amide bonds. The molecule has 0 aromatic heterocycles. The van der Waals surface area contributed by atoms with Gasteiger partial charge in [-0.1, -0.05) is 24.6 Å². The summed E-state index contributed by atoms with van der Waals surface area (Å²) >= 11 is 0. The number of amides is 1. The van der Waals surface area contributed by atoms with Crippen molar-refractivity contribution in [3.8, 4) is 0 Å². The number of carbonyl (C=O) groups is 1. The predicted octanol–water partition coefficient (Wildman–Crippen LogP) is 3.71. The summed E-state index contributed by atoms with van der Waals surface area (Å²) in [4.78, 5) is 14.8. The molecule has 1 aromatic carbocycles. The summed E-state index contributed by atoms with van der Waals surface area (Å²) in [5.74, 6) is 0.225. The number of piperidine rings is 1. The molecule has 1 heterocycles. The number of rotatable bonds is 2. The number of benzene rings is 1. The van der Waals surface area contributed by atoms with Crippen LogP contribution < -0.4 is 0 Å². The molecule has 1 unspecified atom stereocenters. The Kier molecular flexibility index (Phi) is 4.05. The third-order valence-electron chi connectivity index (χ3n) is 3.98. The molecular weight excluding hydrogens is 222 g/mol. The Balaban J connectivity index is 2.26. The third-order valence-corrected chi connectivity index (χ3v) is 3.98. The van der Waals surface area contributed by atoms with E-state index in [0.717, 1.165) is 42.5 Å². The van der Waals surface area contributed by atoms with Crippen LogP contribution in [0.2, 0.25) is 0 Å². The molecule has 1 fully saturated rings. The van der Waals surface area contributed by atoms with E-state index < -0.39 is 0 Å². The zero-order chi connectivity index (χ0) is 13.1. The highest BCUT2D eigenvalue weighted by molar-refractivity contribution is 5.96. The lowest BCUT2D eigenvalue weighted by molar-refractivity contribution is 0.0607. The predicted molar refractivity (Wildman–Crippen MR) is 74.9 cm³/mol. The zero-order valence-electron chi connectivity index (χ0n) is 11.7. The molecule has 1 atom stereocenters. The van der Waals surface area contributed by atoms with Crippen LogP contribution >= 0.6 is 0 Å². The van der Waals surface area contributed by atoms with E-state index in [-0.39, 0.29) is 5.91 Å². The van der Waals surface area contributed by atoms with Crippen molar-refractivity contribution in [3.05, 3.63) is 34.9 Å². The van der Waals surface area contributed by atoms with Crippen LogP contribution in [-0.2, 0) is 0 Å². The Hall–Kier alpha value is -1.31. The number of likely N-dealkylation sites (tertiary alicyclic amines) is 1. The lowest BCUT2D eigenvalue weighted by Crippen LogP contribution is -2.43. The second kappa shape index (κ2) is 5.55. The number of nitrogens with zero attached hydrogens (tertiary/aromatic N) is 1. The average Bonchev–Trinajstić information content (AvgIpc) is 2.40.